The van der Waals surface area contributed by atoms with Crippen LogP contribution in [0.5, 0.6) is 0 Å². The number of ether oxygens (including phenoxy) is 1. The summed E-state index contributed by atoms with van der Waals surface area (Å²) in [7, 11) is 0. The molecule has 2 aromatic carbocycles. The molecule has 1 saturated heterocycles. The van der Waals surface area contributed by atoms with Crippen LogP contribution in [-0.2, 0) is 4.74 Å². The van der Waals surface area contributed by atoms with E-state index in [0.717, 1.165) is 12.8 Å². The predicted octanol–water partition coefficient (Wildman–Crippen LogP) is 4.99. The van der Waals surface area contributed by atoms with Gasteiger partial charge in [-0.15, -0.1) is 11.6 Å². The molecule has 0 N–H and O–H groups in total. The van der Waals surface area contributed by atoms with Gasteiger partial charge in [-0.25, -0.2) is 0 Å². The van der Waals surface area contributed by atoms with Crippen LogP contribution >= 0.6 is 11.6 Å². The normalized spacial score (nSPS) is 26.0. The van der Waals surface area contributed by atoms with Gasteiger partial charge in [0.2, 0.25) is 0 Å². The molecule has 1 aliphatic heterocycles. The topological polar surface area (TPSA) is 9.23 Å². The second-order valence-corrected chi connectivity index (χ2v) is 6.47. The summed E-state index contributed by atoms with van der Waals surface area (Å²) < 4.78 is 6.24. The Balaban J connectivity index is 1.96. The highest BCUT2D eigenvalue weighted by molar-refractivity contribution is 6.20. The van der Waals surface area contributed by atoms with E-state index in [1.54, 1.807) is 0 Å². The number of hydrogen-bond acceptors (Lipinski definition) is 1. The van der Waals surface area contributed by atoms with Crippen LogP contribution in [-0.4, -0.2) is 17.6 Å². The van der Waals surface area contributed by atoms with Gasteiger partial charge in [0.15, 0.2) is 0 Å². The van der Waals surface area contributed by atoms with Crippen LogP contribution in [0.15, 0.2) is 60.7 Å². The van der Waals surface area contributed by atoms with E-state index in [1.165, 1.54) is 11.1 Å². The third kappa shape index (κ3) is 3.48. The van der Waals surface area contributed by atoms with Crippen molar-refractivity contribution in [2.75, 3.05) is 0 Å². The molecule has 0 saturated carbocycles. The largest absolute Gasteiger partial charge is 0.374 e. The molecular weight excluding hydrogens is 280 g/mol. The molecule has 1 nitrogen and oxygen atoms in total. The van der Waals surface area contributed by atoms with Crippen molar-refractivity contribution in [3.05, 3.63) is 71.8 Å². The minimum Gasteiger partial charge on any atom is -0.374 e. The highest BCUT2D eigenvalue weighted by Crippen LogP contribution is 2.37. The number of rotatable bonds is 3. The Hall–Kier alpha value is -1.31. The molecule has 3 atom stereocenters. The number of halogens is 1. The lowest BCUT2D eigenvalue weighted by Crippen LogP contribution is -2.36. The monoisotopic (exact) mass is 300 g/mol. The molecule has 0 amide bonds. The second kappa shape index (κ2) is 6.64. The van der Waals surface area contributed by atoms with E-state index in [-0.39, 0.29) is 23.5 Å². The molecule has 0 radical (unpaired) electrons. The van der Waals surface area contributed by atoms with Gasteiger partial charge in [-0.2, -0.15) is 0 Å². The number of alkyl halides is 1. The van der Waals surface area contributed by atoms with Gasteiger partial charge >= 0.3 is 0 Å². The summed E-state index contributed by atoms with van der Waals surface area (Å²) >= 11 is 6.45. The van der Waals surface area contributed by atoms with E-state index in [0.29, 0.717) is 0 Å². The van der Waals surface area contributed by atoms with Gasteiger partial charge in [-0.05, 0) is 30.9 Å². The first-order chi connectivity index (χ1) is 10.2. The minimum absolute atomic E-state index is 0.140. The van der Waals surface area contributed by atoms with Gasteiger partial charge in [0.1, 0.15) is 0 Å². The lowest BCUT2D eigenvalue weighted by molar-refractivity contribution is -0.0453. The number of benzene rings is 2. The van der Waals surface area contributed by atoms with Gasteiger partial charge in [-0.3, -0.25) is 0 Å². The lowest BCUT2D eigenvalue weighted by Gasteiger charge is -2.36. The van der Waals surface area contributed by atoms with Crippen LogP contribution in [0, 0.1) is 0 Å². The summed E-state index contributed by atoms with van der Waals surface area (Å²) in [5.41, 5.74) is 2.60. The molecule has 21 heavy (non-hydrogen) atoms. The molecule has 1 fully saturated rings. The van der Waals surface area contributed by atoms with Crippen molar-refractivity contribution in [2.45, 2.75) is 43.3 Å². The molecule has 3 rings (SSSR count). The molecular formula is C19H21ClO. The molecule has 0 spiro atoms. The van der Waals surface area contributed by atoms with Gasteiger partial charge in [0.25, 0.3) is 0 Å². The average molecular weight is 301 g/mol. The van der Waals surface area contributed by atoms with Gasteiger partial charge in [0, 0.05) is 11.3 Å². The summed E-state index contributed by atoms with van der Waals surface area (Å²) in [6.45, 7) is 2.12. The first-order valence-corrected chi connectivity index (χ1v) is 8.07. The molecule has 0 aromatic heterocycles. The highest BCUT2D eigenvalue weighted by atomic mass is 35.5. The van der Waals surface area contributed by atoms with Crippen LogP contribution in [0.3, 0.4) is 0 Å². The Kier molecular flexibility index (Phi) is 4.62. The van der Waals surface area contributed by atoms with Gasteiger partial charge in [0.05, 0.1) is 12.2 Å². The molecule has 110 valence electrons. The maximum absolute atomic E-state index is 6.45. The van der Waals surface area contributed by atoms with Crippen LogP contribution in [0.25, 0.3) is 0 Å². The van der Waals surface area contributed by atoms with Crippen molar-refractivity contribution in [3.8, 4) is 0 Å². The van der Waals surface area contributed by atoms with E-state index in [1.807, 2.05) is 0 Å². The fourth-order valence-corrected chi connectivity index (χ4v) is 3.70. The minimum atomic E-state index is 0.140. The maximum Gasteiger partial charge on any atom is 0.0701 e. The van der Waals surface area contributed by atoms with Crippen molar-refractivity contribution in [3.63, 3.8) is 0 Å². The first-order valence-electron chi connectivity index (χ1n) is 7.63. The summed E-state index contributed by atoms with van der Waals surface area (Å²) in [6.07, 6.45) is 2.21. The molecule has 2 aromatic rings. The van der Waals surface area contributed by atoms with Crippen LogP contribution < -0.4 is 0 Å². The SMILES string of the molecule is C[C@H]1C[C@@H](Cl)C[C@@H](C(c2ccccc2)c2ccccc2)O1. The molecule has 1 aliphatic rings. The molecule has 1 heterocycles. The van der Waals surface area contributed by atoms with Crippen molar-refractivity contribution >= 4 is 11.6 Å². The maximum atomic E-state index is 6.45. The summed E-state index contributed by atoms with van der Waals surface area (Å²) in [5, 5.41) is 0.202. The Morgan fingerprint density at radius 1 is 0.905 bits per heavy atom. The van der Waals surface area contributed by atoms with Crippen LogP contribution in [0.4, 0.5) is 0 Å². The lowest BCUT2D eigenvalue weighted by atomic mass is 9.83. The fourth-order valence-electron chi connectivity index (χ4n) is 3.28. The molecule has 0 bridgehead atoms. The van der Waals surface area contributed by atoms with Gasteiger partial charge in [-0.1, -0.05) is 60.7 Å². The molecule has 0 unspecified atom stereocenters. The quantitative estimate of drug-likeness (QED) is 0.725. The standard InChI is InChI=1S/C19H21ClO/c1-14-12-17(20)13-18(21-14)19(15-8-4-2-5-9-15)16-10-6-3-7-11-16/h2-11,14,17-19H,12-13H2,1H3/t14-,17+,18-/m0/s1. The molecule has 2 heteroatoms. The second-order valence-electron chi connectivity index (χ2n) is 5.85. The third-order valence-electron chi connectivity index (χ3n) is 4.17. The zero-order valence-corrected chi connectivity index (χ0v) is 13.0. The van der Waals surface area contributed by atoms with Crippen molar-refractivity contribution in [2.24, 2.45) is 0 Å². The third-order valence-corrected chi connectivity index (χ3v) is 4.53. The van der Waals surface area contributed by atoms with E-state index in [2.05, 4.69) is 67.6 Å². The Morgan fingerprint density at radius 3 is 1.90 bits per heavy atom. The Morgan fingerprint density at radius 2 is 1.43 bits per heavy atom. The predicted molar refractivity (Wildman–Crippen MR) is 87.9 cm³/mol. The van der Waals surface area contributed by atoms with E-state index in [9.17, 15) is 0 Å². The zero-order chi connectivity index (χ0) is 14.7. The van der Waals surface area contributed by atoms with E-state index in [4.69, 9.17) is 16.3 Å². The summed E-state index contributed by atoms with van der Waals surface area (Å²) in [5.74, 6) is 0.247. The van der Waals surface area contributed by atoms with E-state index >= 15 is 0 Å². The zero-order valence-electron chi connectivity index (χ0n) is 12.3. The van der Waals surface area contributed by atoms with Crippen LogP contribution in [0.1, 0.15) is 36.8 Å². The van der Waals surface area contributed by atoms with Gasteiger partial charge < -0.3 is 4.74 Å². The van der Waals surface area contributed by atoms with Crippen LogP contribution in [0.2, 0.25) is 0 Å². The summed E-state index contributed by atoms with van der Waals surface area (Å²) in [4.78, 5) is 0. The number of hydrogen-bond donors (Lipinski definition) is 0. The Labute approximate surface area is 131 Å². The Bertz CT molecular complexity index is 505. The van der Waals surface area contributed by atoms with Crippen molar-refractivity contribution < 1.29 is 4.74 Å². The highest BCUT2D eigenvalue weighted by Gasteiger charge is 2.33. The molecule has 0 aliphatic carbocycles. The van der Waals surface area contributed by atoms with E-state index < -0.39 is 0 Å². The van der Waals surface area contributed by atoms with Crippen molar-refractivity contribution in [1.29, 1.82) is 0 Å². The smallest absolute Gasteiger partial charge is 0.0701 e. The van der Waals surface area contributed by atoms with Crippen molar-refractivity contribution in [1.82, 2.24) is 0 Å². The average Bonchev–Trinajstić information content (AvgIpc) is 2.49. The fraction of sp³-hybridized carbons (Fsp3) is 0.368. The summed E-state index contributed by atoms with van der Waals surface area (Å²) in [6, 6.07) is 21.2. The first kappa shape index (κ1) is 14.6.